The van der Waals surface area contributed by atoms with Crippen LogP contribution in [0, 0.1) is 16.0 Å². The Morgan fingerprint density at radius 1 is 1.32 bits per heavy atom. The highest BCUT2D eigenvalue weighted by molar-refractivity contribution is 5.95. The van der Waals surface area contributed by atoms with E-state index in [4.69, 9.17) is 0 Å². The van der Waals surface area contributed by atoms with Crippen LogP contribution < -0.4 is 5.32 Å². The van der Waals surface area contributed by atoms with Gasteiger partial charge in [-0.25, -0.2) is 0 Å². The van der Waals surface area contributed by atoms with Gasteiger partial charge in [-0.3, -0.25) is 19.7 Å². The van der Waals surface area contributed by atoms with Gasteiger partial charge in [0.05, 0.1) is 16.4 Å². The summed E-state index contributed by atoms with van der Waals surface area (Å²) in [5.74, 6) is -1.94. The van der Waals surface area contributed by atoms with Crippen molar-refractivity contribution in [3.8, 4) is 0 Å². The zero-order valence-electron chi connectivity index (χ0n) is 12.2. The molecule has 0 bridgehead atoms. The normalized spacial score (nSPS) is 24.5. The predicted molar refractivity (Wildman–Crippen MR) is 78.6 cm³/mol. The van der Waals surface area contributed by atoms with E-state index >= 15 is 0 Å². The molecule has 2 atom stereocenters. The first-order chi connectivity index (χ1) is 10.3. The standard InChI is InChI=1S/C15H18N2O5/c1-15(9-3-2-4-12(15)14(19)20)16-13(18)10-5-7-11(8-6-10)17(21)22/h5-8,12H,2-4,9H2,1H3,(H,16,18)(H,19,20). The minimum atomic E-state index is -0.911. The van der Waals surface area contributed by atoms with Crippen molar-refractivity contribution < 1.29 is 19.6 Å². The lowest BCUT2D eigenvalue weighted by Crippen LogP contribution is -2.55. The number of nitrogens with zero attached hydrogens (tertiary/aromatic N) is 1. The van der Waals surface area contributed by atoms with Crippen molar-refractivity contribution in [1.82, 2.24) is 5.32 Å². The number of rotatable bonds is 4. The number of hydrogen-bond donors (Lipinski definition) is 2. The van der Waals surface area contributed by atoms with E-state index < -0.39 is 28.3 Å². The molecule has 0 radical (unpaired) electrons. The molecule has 22 heavy (non-hydrogen) atoms. The number of aliphatic carboxylic acids is 1. The first-order valence-electron chi connectivity index (χ1n) is 7.13. The van der Waals surface area contributed by atoms with Gasteiger partial charge in [0.25, 0.3) is 11.6 Å². The fraction of sp³-hybridized carbons (Fsp3) is 0.467. The molecule has 1 fully saturated rings. The van der Waals surface area contributed by atoms with E-state index in [0.29, 0.717) is 12.8 Å². The molecule has 1 aromatic rings. The number of carboxylic acids is 1. The van der Waals surface area contributed by atoms with Crippen LogP contribution in [0.2, 0.25) is 0 Å². The number of amides is 1. The fourth-order valence-electron chi connectivity index (χ4n) is 2.95. The molecule has 0 saturated heterocycles. The highest BCUT2D eigenvalue weighted by Crippen LogP contribution is 2.34. The summed E-state index contributed by atoms with van der Waals surface area (Å²) in [5.41, 5.74) is -0.617. The monoisotopic (exact) mass is 306 g/mol. The third kappa shape index (κ3) is 3.24. The number of hydrogen-bond acceptors (Lipinski definition) is 4. The largest absolute Gasteiger partial charge is 0.481 e. The summed E-state index contributed by atoms with van der Waals surface area (Å²) in [4.78, 5) is 33.7. The highest BCUT2D eigenvalue weighted by atomic mass is 16.6. The second kappa shape index (κ2) is 6.13. The number of carboxylic acid groups (broad SMARTS) is 1. The molecule has 1 aliphatic carbocycles. The average molecular weight is 306 g/mol. The molecule has 118 valence electrons. The van der Waals surface area contributed by atoms with Crippen molar-refractivity contribution in [2.45, 2.75) is 38.1 Å². The molecule has 1 saturated carbocycles. The maximum Gasteiger partial charge on any atom is 0.308 e. The Labute approximate surface area is 127 Å². The van der Waals surface area contributed by atoms with Gasteiger partial charge in [-0.2, -0.15) is 0 Å². The summed E-state index contributed by atoms with van der Waals surface area (Å²) in [7, 11) is 0. The predicted octanol–water partition coefficient (Wildman–Crippen LogP) is 2.36. The smallest absolute Gasteiger partial charge is 0.308 e. The molecule has 0 aliphatic heterocycles. The molecule has 2 rings (SSSR count). The minimum absolute atomic E-state index is 0.0937. The van der Waals surface area contributed by atoms with Crippen LogP contribution in [0.1, 0.15) is 43.0 Å². The maximum absolute atomic E-state index is 12.3. The number of carbonyl (C=O) groups excluding carboxylic acids is 1. The van der Waals surface area contributed by atoms with E-state index in [-0.39, 0.29) is 11.3 Å². The summed E-state index contributed by atoms with van der Waals surface area (Å²) in [6, 6.07) is 5.25. The van der Waals surface area contributed by atoms with Crippen LogP contribution in [0.4, 0.5) is 5.69 Å². The van der Waals surface area contributed by atoms with Gasteiger partial charge < -0.3 is 10.4 Å². The average Bonchev–Trinajstić information content (AvgIpc) is 2.47. The van der Waals surface area contributed by atoms with E-state index in [0.717, 1.165) is 12.8 Å². The van der Waals surface area contributed by atoms with Crippen molar-refractivity contribution >= 4 is 17.6 Å². The van der Waals surface area contributed by atoms with Gasteiger partial charge in [0, 0.05) is 17.7 Å². The Bertz CT molecular complexity index is 598. The van der Waals surface area contributed by atoms with E-state index in [1.807, 2.05) is 0 Å². The number of benzene rings is 1. The van der Waals surface area contributed by atoms with Crippen LogP contribution >= 0.6 is 0 Å². The topological polar surface area (TPSA) is 110 Å². The molecule has 0 heterocycles. The number of non-ortho nitro benzene ring substituents is 1. The van der Waals surface area contributed by atoms with Crippen molar-refractivity contribution in [2.75, 3.05) is 0 Å². The van der Waals surface area contributed by atoms with Crippen molar-refractivity contribution in [3.63, 3.8) is 0 Å². The third-order valence-corrected chi connectivity index (χ3v) is 4.25. The van der Waals surface area contributed by atoms with Crippen LogP contribution in [0.25, 0.3) is 0 Å². The first-order valence-corrected chi connectivity index (χ1v) is 7.13. The summed E-state index contributed by atoms with van der Waals surface area (Å²) >= 11 is 0. The molecule has 2 N–H and O–H groups in total. The summed E-state index contributed by atoms with van der Waals surface area (Å²) in [5, 5.41) is 22.7. The highest BCUT2D eigenvalue weighted by Gasteiger charge is 2.42. The fourth-order valence-corrected chi connectivity index (χ4v) is 2.95. The summed E-state index contributed by atoms with van der Waals surface area (Å²) in [6.45, 7) is 1.74. The molecule has 1 amide bonds. The van der Waals surface area contributed by atoms with Gasteiger partial charge in [0.15, 0.2) is 0 Å². The molecule has 7 nitrogen and oxygen atoms in total. The number of nitrogens with one attached hydrogen (secondary N) is 1. The lowest BCUT2D eigenvalue weighted by molar-refractivity contribution is -0.384. The second-order valence-corrected chi connectivity index (χ2v) is 5.81. The quantitative estimate of drug-likeness (QED) is 0.655. The Hall–Kier alpha value is -2.44. The van der Waals surface area contributed by atoms with E-state index in [9.17, 15) is 24.8 Å². The molecule has 1 aromatic carbocycles. The molecular weight excluding hydrogens is 288 g/mol. The molecule has 0 spiro atoms. The Morgan fingerprint density at radius 2 is 1.95 bits per heavy atom. The third-order valence-electron chi connectivity index (χ3n) is 4.25. The lowest BCUT2D eigenvalue weighted by atomic mass is 9.73. The van der Waals surface area contributed by atoms with Gasteiger partial charge in [-0.1, -0.05) is 12.8 Å². The zero-order chi connectivity index (χ0) is 16.3. The van der Waals surface area contributed by atoms with Gasteiger partial charge in [0.1, 0.15) is 0 Å². The number of nitro benzene ring substituents is 1. The first kappa shape index (κ1) is 15.9. The van der Waals surface area contributed by atoms with Crippen molar-refractivity contribution in [1.29, 1.82) is 0 Å². The van der Waals surface area contributed by atoms with Gasteiger partial charge >= 0.3 is 5.97 Å². The Balaban J connectivity index is 2.15. The molecule has 1 aliphatic rings. The summed E-state index contributed by atoms with van der Waals surface area (Å²) < 4.78 is 0. The van der Waals surface area contributed by atoms with E-state index in [1.54, 1.807) is 6.92 Å². The number of nitro groups is 1. The van der Waals surface area contributed by atoms with Crippen molar-refractivity contribution in [3.05, 3.63) is 39.9 Å². The molecule has 7 heteroatoms. The van der Waals surface area contributed by atoms with Crippen LogP contribution in [0.3, 0.4) is 0 Å². The number of carbonyl (C=O) groups is 2. The van der Waals surface area contributed by atoms with Crippen LogP contribution in [-0.2, 0) is 4.79 Å². The Kier molecular flexibility index (Phi) is 4.44. The molecule has 0 aromatic heterocycles. The van der Waals surface area contributed by atoms with Crippen LogP contribution in [-0.4, -0.2) is 27.4 Å². The van der Waals surface area contributed by atoms with Gasteiger partial charge in [-0.05, 0) is 31.9 Å². The molecular formula is C15H18N2O5. The van der Waals surface area contributed by atoms with Crippen molar-refractivity contribution in [2.24, 2.45) is 5.92 Å². The minimum Gasteiger partial charge on any atom is -0.481 e. The van der Waals surface area contributed by atoms with E-state index in [2.05, 4.69) is 5.32 Å². The van der Waals surface area contributed by atoms with Crippen LogP contribution in [0.15, 0.2) is 24.3 Å². The lowest BCUT2D eigenvalue weighted by Gasteiger charge is -2.39. The van der Waals surface area contributed by atoms with Gasteiger partial charge in [0.2, 0.25) is 0 Å². The second-order valence-electron chi connectivity index (χ2n) is 5.81. The molecule has 2 unspecified atom stereocenters. The SMILES string of the molecule is CC1(NC(=O)c2ccc([N+](=O)[O-])cc2)CCCCC1C(=O)O. The van der Waals surface area contributed by atoms with Gasteiger partial charge in [-0.15, -0.1) is 0 Å². The van der Waals surface area contributed by atoms with E-state index in [1.165, 1.54) is 24.3 Å². The zero-order valence-corrected chi connectivity index (χ0v) is 12.2. The van der Waals surface area contributed by atoms with Crippen LogP contribution in [0.5, 0.6) is 0 Å². The maximum atomic E-state index is 12.3. The summed E-state index contributed by atoms with van der Waals surface area (Å²) in [6.07, 6.45) is 2.83. The Morgan fingerprint density at radius 3 is 2.50 bits per heavy atom.